The number of anilines is 2. The number of nitrogens with zero attached hydrogens (tertiary/aromatic N) is 1. The van der Waals surface area contributed by atoms with E-state index in [1.807, 2.05) is 41.3 Å². The van der Waals surface area contributed by atoms with Crippen LogP contribution in [0.3, 0.4) is 0 Å². The fourth-order valence-electron chi connectivity index (χ4n) is 2.71. The molecule has 0 saturated carbocycles. The minimum Gasteiger partial charge on any atom is -0.398 e. The highest BCUT2D eigenvalue weighted by Crippen LogP contribution is 2.35. The maximum Gasteiger partial charge on any atom is 0.227 e. The monoisotopic (exact) mass is 272 g/mol. The molecular weight excluding hydrogens is 256 g/mol. The van der Waals surface area contributed by atoms with Gasteiger partial charge in [0.05, 0.1) is 5.69 Å². The van der Waals surface area contributed by atoms with Gasteiger partial charge in [-0.2, -0.15) is 12.6 Å². The van der Waals surface area contributed by atoms with Gasteiger partial charge in [0, 0.05) is 24.0 Å². The SMILES string of the molecule is Nc1cccc2cccc(N3CC(CS)CC3=O)c12. The van der Waals surface area contributed by atoms with Crippen LogP contribution in [-0.2, 0) is 4.79 Å². The summed E-state index contributed by atoms with van der Waals surface area (Å²) in [6, 6.07) is 11.8. The highest BCUT2D eigenvalue weighted by molar-refractivity contribution is 7.80. The maximum absolute atomic E-state index is 12.2. The molecule has 2 N–H and O–H groups in total. The number of rotatable bonds is 2. The quantitative estimate of drug-likeness (QED) is 0.652. The molecule has 19 heavy (non-hydrogen) atoms. The normalized spacial score (nSPS) is 19.3. The van der Waals surface area contributed by atoms with Crippen molar-refractivity contribution in [3.63, 3.8) is 0 Å². The van der Waals surface area contributed by atoms with E-state index in [1.165, 1.54) is 0 Å². The molecule has 0 aliphatic carbocycles. The lowest BCUT2D eigenvalue weighted by atomic mass is 10.1. The van der Waals surface area contributed by atoms with Crippen LogP contribution in [0.1, 0.15) is 6.42 Å². The first-order chi connectivity index (χ1) is 9.20. The third kappa shape index (κ3) is 2.06. The average molecular weight is 272 g/mol. The van der Waals surface area contributed by atoms with Crippen LogP contribution in [0.25, 0.3) is 10.8 Å². The Morgan fingerprint density at radius 3 is 2.68 bits per heavy atom. The molecule has 0 bridgehead atoms. The molecule has 2 aromatic carbocycles. The molecule has 0 spiro atoms. The highest BCUT2D eigenvalue weighted by atomic mass is 32.1. The predicted octanol–water partition coefficient (Wildman–Crippen LogP) is 2.70. The van der Waals surface area contributed by atoms with Crippen molar-refractivity contribution in [1.82, 2.24) is 0 Å². The highest BCUT2D eigenvalue weighted by Gasteiger charge is 2.30. The fraction of sp³-hybridized carbons (Fsp3) is 0.267. The summed E-state index contributed by atoms with van der Waals surface area (Å²) < 4.78 is 0. The number of fused-ring (bicyclic) bond motifs is 1. The van der Waals surface area contributed by atoms with Gasteiger partial charge in [-0.25, -0.2) is 0 Å². The van der Waals surface area contributed by atoms with Crippen molar-refractivity contribution in [2.45, 2.75) is 6.42 Å². The molecule has 3 rings (SSSR count). The minimum absolute atomic E-state index is 0.162. The van der Waals surface area contributed by atoms with Gasteiger partial charge >= 0.3 is 0 Å². The van der Waals surface area contributed by atoms with E-state index in [4.69, 9.17) is 5.73 Å². The molecule has 98 valence electrons. The zero-order valence-electron chi connectivity index (χ0n) is 10.5. The molecule has 1 amide bonds. The topological polar surface area (TPSA) is 46.3 Å². The number of carbonyl (C=O) groups excluding carboxylic acids is 1. The summed E-state index contributed by atoms with van der Waals surface area (Å²) in [5, 5.41) is 2.04. The third-order valence-corrected chi connectivity index (χ3v) is 4.19. The minimum atomic E-state index is 0.162. The van der Waals surface area contributed by atoms with Crippen molar-refractivity contribution in [2.75, 3.05) is 22.9 Å². The third-order valence-electron chi connectivity index (χ3n) is 3.67. The van der Waals surface area contributed by atoms with Gasteiger partial charge in [-0.15, -0.1) is 0 Å². The first kappa shape index (κ1) is 12.4. The maximum atomic E-state index is 12.2. The van der Waals surface area contributed by atoms with Gasteiger partial charge in [-0.1, -0.05) is 24.3 Å². The standard InChI is InChI=1S/C15H16N2OS/c16-12-5-1-3-11-4-2-6-13(15(11)12)17-8-10(9-19)7-14(17)18/h1-6,10,19H,7-9,16H2. The van der Waals surface area contributed by atoms with Crippen LogP contribution in [0, 0.1) is 5.92 Å². The molecule has 3 nitrogen and oxygen atoms in total. The van der Waals surface area contributed by atoms with Crippen LogP contribution in [-0.4, -0.2) is 18.2 Å². The molecule has 1 heterocycles. The van der Waals surface area contributed by atoms with E-state index in [9.17, 15) is 4.79 Å². The summed E-state index contributed by atoms with van der Waals surface area (Å²) in [5.41, 5.74) is 7.72. The Labute approximate surface area is 117 Å². The summed E-state index contributed by atoms with van der Waals surface area (Å²) in [6.07, 6.45) is 0.576. The molecular formula is C15H16N2OS. The van der Waals surface area contributed by atoms with Gasteiger partial charge < -0.3 is 10.6 Å². The van der Waals surface area contributed by atoms with E-state index in [1.54, 1.807) is 0 Å². The van der Waals surface area contributed by atoms with Gasteiger partial charge in [-0.3, -0.25) is 4.79 Å². The van der Waals surface area contributed by atoms with Crippen LogP contribution >= 0.6 is 12.6 Å². The number of nitrogen functional groups attached to an aromatic ring is 1. The Hall–Kier alpha value is -1.68. The molecule has 2 aromatic rings. The number of nitrogens with two attached hydrogens (primary N) is 1. The van der Waals surface area contributed by atoms with Crippen LogP contribution < -0.4 is 10.6 Å². The molecule has 1 aliphatic rings. The number of hydrogen-bond donors (Lipinski definition) is 2. The van der Waals surface area contributed by atoms with E-state index in [0.29, 0.717) is 12.3 Å². The number of benzene rings is 2. The molecule has 0 radical (unpaired) electrons. The second-order valence-corrected chi connectivity index (χ2v) is 5.34. The van der Waals surface area contributed by atoms with Gasteiger partial charge in [0.15, 0.2) is 0 Å². The van der Waals surface area contributed by atoms with E-state index in [0.717, 1.165) is 34.4 Å². The van der Waals surface area contributed by atoms with E-state index in [2.05, 4.69) is 12.6 Å². The van der Waals surface area contributed by atoms with Gasteiger partial charge in [0.1, 0.15) is 0 Å². The van der Waals surface area contributed by atoms with E-state index < -0.39 is 0 Å². The second-order valence-electron chi connectivity index (χ2n) is 4.98. The Morgan fingerprint density at radius 1 is 1.26 bits per heavy atom. The van der Waals surface area contributed by atoms with Crippen LogP contribution in [0.5, 0.6) is 0 Å². The van der Waals surface area contributed by atoms with E-state index in [-0.39, 0.29) is 5.91 Å². The van der Waals surface area contributed by atoms with Crippen molar-refractivity contribution < 1.29 is 4.79 Å². The van der Waals surface area contributed by atoms with Gasteiger partial charge in [-0.05, 0) is 29.2 Å². The Morgan fingerprint density at radius 2 is 2.00 bits per heavy atom. The number of amides is 1. The molecule has 1 saturated heterocycles. The lowest BCUT2D eigenvalue weighted by Gasteiger charge is -2.19. The summed E-state index contributed by atoms with van der Waals surface area (Å²) in [4.78, 5) is 14.0. The summed E-state index contributed by atoms with van der Waals surface area (Å²) >= 11 is 4.30. The molecule has 1 fully saturated rings. The Balaban J connectivity index is 2.13. The van der Waals surface area contributed by atoms with Crippen LogP contribution in [0.15, 0.2) is 36.4 Å². The number of carbonyl (C=O) groups is 1. The first-order valence-electron chi connectivity index (χ1n) is 6.39. The van der Waals surface area contributed by atoms with Gasteiger partial charge in [0.2, 0.25) is 5.91 Å². The number of thiol groups is 1. The second kappa shape index (κ2) is 4.78. The Bertz CT molecular complexity index is 636. The van der Waals surface area contributed by atoms with Crippen molar-refractivity contribution >= 4 is 40.7 Å². The largest absolute Gasteiger partial charge is 0.398 e. The zero-order chi connectivity index (χ0) is 13.4. The van der Waals surface area contributed by atoms with Crippen LogP contribution in [0.2, 0.25) is 0 Å². The summed E-state index contributed by atoms with van der Waals surface area (Å²) in [6.45, 7) is 0.732. The van der Waals surface area contributed by atoms with Crippen molar-refractivity contribution in [3.05, 3.63) is 36.4 Å². The molecule has 1 aliphatic heterocycles. The predicted molar refractivity (Wildman–Crippen MR) is 82.7 cm³/mol. The lowest BCUT2D eigenvalue weighted by molar-refractivity contribution is -0.117. The Kier molecular flexibility index (Phi) is 3.11. The van der Waals surface area contributed by atoms with Crippen molar-refractivity contribution in [3.8, 4) is 0 Å². The van der Waals surface area contributed by atoms with Gasteiger partial charge in [0.25, 0.3) is 0 Å². The molecule has 0 aromatic heterocycles. The van der Waals surface area contributed by atoms with Crippen LogP contribution in [0.4, 0.5) is 11.4 Å². The van der Waals surface area contributed by atoms with Crippen molar-refractivity contribution in [1.29, 1.82) is 0 Å². The lowest BCUT2D eigenvalue weighted by Crippen LogP contribution is -2.25. The first-order valence-corrected chi connectivity index (χ1v) is 7.02. The molecule has 1 unspecified atom stereocenters. The van der Waals surface area contributed by atoms with Crippen molar-refractivity contribution in [2.24, 2.45) is 5.92 Å². The zero-order valence-corrected chi connectivity index (χ0v) is 11.4. The summed E-state index contributed by atoms with van der Waals surface area (Å²) in [7, 11) is 0. The molecule has 1 atom stereocenters. The van der Waals surface area contributed by atoms with E-state index >= 15 is 0 Å². The molecule has 4 heteroatoms. The summed E-state index contributed by atoms with van der Waals surface area (Å²) in [5.74, 6) is 1.23. The number of hydrogen-bond acceptors (Lipinski definition) is 3. The fourth-order valence-corrected chi connectivity index (χ4v) is 2.96. The average Bonchev–Trinajstić information content (AvgIpc) is 2.80. The smallest absolute Gasteiger partial charge is 0.227 e.